The summed E-state index contributed by atoms with van der Waals surface area (Å²) in [5.74, 6) is 0.966. The molecule has 1 N–H and O–H groups in total. The van der Waals surface area contributed by atoms with E-state index in [9.17, 15) is 4.79 Å². The SMILES string of the molecule is CCc1ccc(C[C@H](NC(=O)OC(C)(C)C)c2nnc(CC[Si](c3ccccc3)(c3ccccc3)C(C)(C)C)o2)cc1. The first-order valence-electron chi connectivity index (χ1n) is 14.9. The Labute approximate surface area is 251 Å². The molecule has 0 unspecified atom stereocenters. The van der Waals surface area contributed by atoms with Crippen LogP contribution in [0, 0.1) is 0 Å². The third kappa shape index (κ3) is 7.56. The predicted octanol–water partition coefficient (Wildman–Crippen LogP) is 7.05. The smallest absolute Gasteiger partial charge is 0.408 e. The number of aryl methyl sites for hydroxylation is 2. The number of nitrogens with zero attached hydrogens (tertiary/aromatic N) is 2. The van der Waals surface area contributed by atoms with Crippen LogP contribution in [0.4, 0.5) is 4.79 Å². The number of nitrogens with one attached hydrogen (secondary N) is 1. The lowest BCUT2D eigenvalue weighted by atomic mass is 10.0. The van der Waals surface area contributed by atoms with Crippen molar-refractivity contribution < 1.29 is 13.9 Å². The third-order valence-corrected chi connectivity index (χ3v) is 14.1. The maximum Gasteiger partial charge on any atom is 0.408 e. The van der Waals surface area contributed by atoms with Crippen LogP contribution < -0.4 is 15.7 Å². The van der Waals surface area contributed by atoms with E-state index in [1.54, 1.807) is 0 Å². The molecule has 0 aliphatic rings. The van der Waals surface area contributed by atoms with Crippen LogP contribution in [0.5, 0.6) is 0 Å². The molecule has 4 aromatic rings. The molecule has 1 aromatic heterocycles. The van der Waals surface area contributed by atoms with Crippen molar-refractivity contribution in [2.45, 2.75) is 90.5 Å². The van der Waals surface area contributed by atoms with Gasteiger partial charge in [-0.3, -0.25) is 0 Å². The zero-order chi connectivity index (χ0) is 30.4. The summed E-state index contributed by atoms with van der Waals surface area (Å²) in [6, 6.07) is 30.6. The molecule has 7 heteroatoms. The Balaban J connectivity index is 1.63. The van der Waals surface area contributed by atoms with Crippen molar-refractivity contribution in [3.63, 3.8) is 0 Å². The Morgan fingerprint density at radius 2 is 1.38 bits per heavy atom. The van der Waals surface area contributed by atoms with E-state index in [2.05, 4.69) is 128 Å². The highest BCUT2D eigenvalue weighted by molar-refractivity contribution is 7.04. The molecule has 0 spiro atoms. The van der Waals surface area contributed by atoms with Gasteiger partial charge < -0.3 is 14.5 Å². The van der Waals surface area contributed by atoms with Crippen molar-refractivity contribution in [2.75, 3.05) is 0 Å². The Bertz CT molecular complexity index is 1380. The molecule has 42 heavy (non-hydrogen) atoms. The molecule has 3 aromatic carbocycles. The second-order valence-electron chi connectivity index (χ2n) is 13.0. The Hall–Kier alpha value is -3.71. The van der Waals surface area contributed by atoms with E-state index >= 15 is 0 Å². The number of rotatable bonds is 10. The first kappa shape index (κ1) is 31.2. The fourth-order valence-corrected chi connectivity index (χ4v) is 11.2. The molecule has 0 aliphatic carbocycles. The standard InChI is InChI=1S/C35H45N3O3Si/c1-8-26-19-21-27(22-20-26)25-30(36-33(39)41-34(2,3)4)32-38-37-31(40-32)23-24-42(35(5,6)7,28-15-11-9-12-16-28)29-17-13-10-14-18-29/h9-22,30H,8,23-25H2,1-7H3,(H,36,39)/t30-/m0/s1. The summed E-state index contributed by atoms with van der Waals surface area (Å²) in [4.78, 5) is 12.8. The van der Waals surface area contributed by atoms with Crippen LogP contribution in [0.15, 0.2) is 89.3 Å². The molecule has 0 fully saturated rings. The molecule has 4 rings (SSSR count). The summed E-state index contributed by atoms with van der Waals surface area (Å²) in [5, 5.41) is 14.7. The summed E-state index contributed by atoms with van der Waals surface area (Å²) in [6.45, 7) is 14.7. The highest BCUT2D eigenvalue weighted by atomic mass is 28.3. The molecule has 6 nitrogen and oxygen atoms in total. The lowest BCUT2D eigenvalue weighted by Crippen LogP contribution is -2.64. The number of amides is 1. The minimum Gasteiger partial charge on any atom is -0.444 e. The quantitative estimate of drug-likeness (QED) is 0.203. The van der Waals surface area contributed by atoms with Gasteiger partial charge in [-0.15, -0.1) is 10.2 Å². The van der Waals surface area contributed by atoms with Gasteiger partial charge >= 0.3 is 6.09 Å². The topological polar surface area (TPSA) is 77.2 Å². The molecule has 1 atom stereocenters. The molecule has 1 heterocycles. The second kappa shape index (κ2) is 13.1. The van der Waals surface area contributed by atoms with Gasteiger partial charge in [-0.05, 0) is 49.4 Å². The van der Waals surface area contributed by atoms with Crippen LogP contribution in [-0.4, -0.2) is 30.0 Å². The molecule has 222 valence electrons. The third-order valence-electron chi connectivity index (χ3n) is 7.87. The van der Waals surface area contributed by atoms with E-state index in [0.29, 0.717) is 24.6 Å². The fraction of sp³-hybridized carbons (Fsp3) is 0.400. The lowest BCUT2D eigenvalue weighted by molar-refractivity contribution is 0.0495. The van der Waals surface area contributed by atoms with E-state index in [0.717, 1.165) is 18.0 Å². The Morgan fingerprint density at radius 3 is 1.88 bits per heavy atom. The molecule has 1 amide bonds. The van der Waals surface area contributed by atoms with Crippen LogP contribution in [-0.2, 0) is 24.0 Å². The highest BCUT2D eigenvalue weighted by Gasteiger charge is 2.47. The van der Waals surface area contributed by atoms with E-state index < -0.39 is 25.8 Å². The molecule has 0 saturated carbocycles. The number of carbonyl (C=O) groups excluding carboxylic acids is 1. The zero-order valence-corrected chi connectivity index (χ0v) is 27.1. The van der Waals surface area contributed by atoms with E-state index in [1.807, 2.05) is 20.8 Å². The Morgan fingerprint density at radius 1 is 0.833 bits per heavy atom. The molecule has 0 bridgehead atoms. The van der Waals surface area contributed by atoms with Gasteiger partial charge in [0.15, 0.2) is 0 Å². The van der Waals surface area contributed by atoms with E-state index in [1.165, 1.54) is 15.9 Å². The molecular formula is C35H45N3O3Si. The summed E-state index contributed by atoms with van der Waals surface area (Å²) >= 11 is 0. The van der Waals surface area contributed by atoms with Crippen molar-refractivity contribution in [2.24, 2.45) is 0 Å². The minimum absolute atomic E-state index is 0.0318. The second-order valence-corrected chi connectivity index (χ2v) is 18.0. The average molecular weight is 584 g/mol. The maximum absolute atomic E-state index is 12.8. The monoisotopic (exact) mass is 583 g/mol. The number of hydrogen-bond acceptors (Lipinski definition) is 5. The summed E-state index contributed by atoms with van der Waals surface area (Å²) in [7, 11) is -2.29. The average Bonchev–Trinajstić information content (AvgIpc) is 3.42. The van der Waals surface area contributed by atoms with Crippen LogP contribution in [0.3, 0.4) is 0 Å². The first-order chi connectivity index (χ1) is 19.9. The normalized spacial score (nSPS) is 13.0. The number of alkyl carbamates (subject to hydrolysis) is 1. The number of hydrogen-bond donors (Lipinski definition) is 1. The van der Waals surface area contributed by atoms with Gasteiger partial charge in [0.25, 0.3) is 0 Å². The first-order valence-corrected chi connectivity index (χ1v) is 17.1. The van der Waals surface area contributed by atoms with E-state index in [4.69, 9.17) is 9.15 Å². The fourth-order valence-electron chi connectivity index (χ4n) is 5.74. The number of carbonyl (C=O) groups is 1. The summed E-state index contributed by atoms with van der Waals surface area (Å²) in [5.41, 5.74) is 1.71. The number of aromatic nitrogens is 2. The molecule has 0 radical (unpaired) electrons. The number of benzene rings is 3. The van der Waals surface area contributed by atoms with Gasteiger partial charge in [-0.2, -0.15) is 0 Å². The van der Waals surface area contributed by atoms with Gasteiger partial charge in [0, 0.05) is 12.8 Å². The van der Waals surface area contributed by atoms with Gasteiger partial charge in [0.1, 0.15) is 19.7 Å². The van der Waals surface area contributed by atoms with Crippen LogP contribution in [0.1, 0.15) is 77.4 Å². The molecule has 0 saturated heterocycles. The van der Waals surface area contributed by atoms with Crippen molar-refractivity contribution in [3.05, 3.63) is 108 Å². The minimum atomic E-state index is -2.29. The van der Waals surface area contributed by atoms with Gasteiger partial charge in [-0.1, -0.05) is 123 Å². The van der Waals surface area contributed by atoms with E-state index in [-0.39, 0.29) is 5.04 Å². The summed E-state index contributed by atoms with van der Waals surface area (Å²) < 4.78 is 11.9. The van der Waals surface area contributed by atoms with Gasteiger partial charge in [-0.25, -0.2) is 4.79 Å². The maximum atomic E-state index is 12.8. The van der Waals surface area contributed by atoms with Crippen LogP contribution in [0.25, 0.3) is 0 Å². The highest BCUT2D eigenvalue weighted by Crippen LogP contribution is 2.39. The van der Waals surface area contributed by atoms with Crippen LogP contribution in [0.2, 0.25) is 11.1 Å². The van der Waals surface area contributed by atoms with Crippen molar-refractivity contribution in [1.82, 2.24) is 15.5 Å². The lowest BCUT2D eigenvalue weighted by Gasteiger charge is -2.44. The van der Waals surface area contributed by atoms with Crippen LogP contribution >= 0.6 is 0 Å². The molecular weight excluding hydrogens is 538 g/mol. The molecule has 0 aliphatic heterocycles. The van der Waals surface area contributed by atoms with Gasteiger partial charge in [0.05, 0.1) is 0 Å². The predicted molar refractivity (Wildman–Crippen MR) is 172 cm³/mol. The largest absolute Gasteiger partial charge is 0.444 e. The number of ether oxygens (including phenoxy) is 1. The summed E-state index contributed by atoms with van der Waals surface area (Å²) in [6.07, 6.45) is 1.62. The Kier molecular flexibility index (Phi) is 9.72. The van der Waals surface area contributed by atoms with Crippen molar-refractivity contribution in [1.29, 1.82) is 0 Å². The zero-order valence-electron chi connectivity index (χ0n) is 26.1. The van der Waals surface area contributed by atoms with Crippen molar-refractivity contribution in [3.8, 4) is 0 Å². The van der Waals surface area contributed by atoms with Crippen molar-refractivity contribution >= 4 is 24.5 Å². The van der Waals surface area contributed by atoms with Gasteiger partial charge in [0.2, 0.25) is 11.8 Å².